The molecule has 1 aromatic rings. The zero-order valence-electron chi connectivity index (χ0n) is 10.7. The van der Waals surface area contributed by atoms with Crippen molar-refractivity contribution in [1.29, 1.82) is 0 Å². The highest BCUT2D eigenvalue weighted by Gasteiger charge is 2.19. The lowest BCUT2D eigenvalue weighted by atomic mass is 10.2. The van der Waals surface area contributed by atoms with Crippen molar-refractivity contribution < 1.29 is 8.42 Å². The summed E-state index contributed by atoms with van der Waals surface area (Å²) in [6.45, 7) is 1.66. The van der Waals surface area contributed by atoms with Crippen molar-refractivity contribution in [3.63, 3.8) is 0 Å². The Balaban J connectivity index is 2.05. The molecule has 1 heterocycles. The van der Waals surface area contributed by atoms with E-state index in [1.807, 2.05) is 4.90 Å². The van der Waals surface area contributed by atoms with Gasteiger partial charge in [0.05, 0.1) is 4.90 Å². The third-order valence-electron chi connectivity index (χ3n) is 3.17. The van der Waals surface area contributed by atoms with Crippen LogP contribution in [0.5, 0.6) is 0 Å². The number of sulfonamides is 1. The van der Waals surface area contributed by atoms with Crippen LogP contribution in [0.3, 0.4) is 0 Å². The standard InChI is InChI=1S/C13H18N2O2S2/c16-19(17,12-8-4-3-5-9-12)14-13(18)15-10-6-1-2-7-11-15/h3-5,8-9H,1-2,6-7,10-11H2,(H,14,18). The maximum atomic E-state index is 12.1. The molecule has 104 valence electrons. The molecule has 0 aliphatic carbocycles. The van der Waals surface area contributed by atoms with Gasteiger partial charge in [-0.05, 0) is 37.2 Å². The van der Waals surface area contributed by atoms with E-state index >= 15 is 0 Å². The molecule has 19 heavy (non-hydrogen) atoms. The van der Waals surface area contributed by atoms with Gasteiger partial charge in [0.15, 0.2) is 5.11 Å². The Labute approximate surface area is 119 Å². The fraction of sp³-hybridized carbons (Fsp3) is 0.462. The van der Waals surface area contributed by atoms with Crippen molar-refractivity contribution in [2.45, 2.75) is 30.6 Å². The number of likely N-dealkylation sites (tertiary alicyclic amines) is 1. The Morgan fingerprint density at radius 3 is 2.21 bits per heavy atom. The van der Waals surface area contributed by atoms with E-state index in [0.717, 1.165) is 25.9 Å². The molecular weight excluding hydrogens is 280 g/mol. The summed E-state index contributed by atoms with van der Waals surface area (Å²) in [7, 11) is -3.55. The minimum absolute atomic E-state index is 0.243. The normalized spacial score (nSPS) is 16.7. The summed E-state index contributed by atoms with van der Waals surface area (Å²) < 4.78 is 26.8. The van der Waals surface area contributed by atoms with Crippen LogP contribution in [0.25, 0.3) is 0 Å². The lowest BCUT2D eigenvalue weighted by Gasteiger charge is -2.23. The molecule has 1 fully saturated rings. The molecule has 1 aromatic carbocycles. The molecule has 0 bridgehead atoms. The van der Waals surface area contributed by atoms with Crippen LogP contribution < -0.4 is 4.72 Å². The van der Waals surface area contributed by atoms with Gasteiger partial charge in [-0.1, -0.05) is 31.0 Å². The van der Waals surface area contributed by atoms with Crippen LogP contribution in [-0.2, 0) is 10.0 Å². The molecule has 0 radical (unpaired) electrons. The van der Waals surface area contributed by atoms with Gasteiger partial charge >= 0.3 is 0 Å². The van der Waals surface area contributed by atoms with Crippen LogP contribution in [0.1, 0.15) is 25.7 Å². The summed E-state index contributed by atoms with van der Waals surface area (Å²) >= 11 is 5.22. The number of hydrogen-bond donors (Lipinski definition) is 1. The smallest absolute Gasteiger partial charge is 0.263 e. The predicted molar refractivity (Wildman–Crippen MR) is 79.4 cm³/mol. The van der Waals surface area contributed by atoms with Crippen molar-refractivity contribution in [2.24, 2.45) is 0 Å². The second kappa shape index (κ2) is 6.34. The monoisotopic (exact) mass is 298 g/mol. The lowest BCUT2D eigenvalue weighted by molar-refractivity contribution is 0.433. The van der Waals surface area contributed by atoms with E-state index < -0.39 is 10.0 Å². The van der Waals surface area contributed by atoms with E-state index in [1.54, 1.807) is 30.3 Å². The maximum absolute atomic E-state index is 12.1. The summed E-state index contributed by atoms with van der Waals surface area (Å²) in [5.41, 5.74) is 0. The van der Waals surface area contributed by atoms with Crippen LogP contribution in [0.15, 0.2) is 35.2 Å². The average molecular weight is 298 g/mol. The molecule has 0 saturated carbocycles. The Bertz CT molecular complexity index is 521. The van der Waals surface area contributed by atoms with Crippen molar-refractivity contribution in [1.82, 2.24) is 9.62 Å². The molecule has 0 amide bonds. The molecule has 0 aromatic heterocycles. The highest BCUT2D eigenvalue weighted by Crippen LogP contribution is 2.12. The SMILES string of the molecule is O=S(=O)(NC(=S)N1CCCCCC1)c1ccccc1. The number of rotatable bonds is 2. The maximum Gasteiger partial charge on any atom is 0.263 e. The van der Waals surface area contributed by atoms with Crippen LogP contribution >= 0.6 is 12.2 Å². The van der Waals surface area contributed by atoms with Crippen LogP contribution in [0.4, 0.5) is 0 Å². The Morgan fingerprint density at radius 2 is 1.63 bits per heavy atom. The van der Waals surface area contributed by atoms with Crippen LogP contribution in [0, 0.1) is 0 Å². The number of benzene rings is 1. The first-order valence-electron chi connectivity index (χ1n) is 6.46. The minimum atomic E-state index is -3.55. The van der Waals surface area contributed by atoms with Gasteiger partial charge in [-0.2, -0.15) is 0 Å². The molecule has 0 spiro atoms. The quantitative estimate of drug-likeness (QED) is 0.850. The van der Waals surface area contributed by atoms with E-state index in [1.165, 1.54) is 12.8 Å². The third kappa shape index (κ3) is 3.91. The van der Waals surface area contributed by atoms with Crippen molar-refractivity contribution in [3.05, 3.63) is 30.3 Å². The first kappa shape index (κ1) is 14.3. The summed E-state index contributed by atoms with van der Waals surface area (Å²) in [5, 5.41) is 0.311. The van der Waals surface area contributed by atoms with Crippen molar-refractivity contribution in [3.8, 4) is 0 Å². The van der Waals surface area contributed by atoms with E-state index in [-0.39, 0.29) is 4.90 Å². The number of hydrogen-bond acceptors (Lipinski definition) is 3. The molecule has 4 nitrogen and oxygen atoms in total. The Kier molecular flexibility index (Phi) is 4.76. The topological polar surface area (TPSA) is 49.4 Å². The van der Waals surface area contributed by atoms with Gasteiger partial charge in [0.1, 0.15) is 0 Å². The number of nitrogens with one attached hydrogen (secondary N) is 1. The van der Waals surface area contributed by atoms with Gasteiger partial charge in [-0.3, -0.25) is 4.72 Å². The first-order valence-corrected chi connectivity index (χ1v) is 8.35. The highest BCUT2D eigenvalue weighted by atomic mass is 32.2. The summed E-state index contributed by atoms with van der Waals surface area (Å²) in [5.74, 6) is 0. The molecule has 1 N–H and O–H groups in total. The van der Waals surface area contributed by atoms with Gasteiger partial charge in [-0.25, -0.2) is 8.42 Å². The third-order valence-corrected chi connectivity index (χ3v) is 5.01. The molecule has 2 rings (SSSR count). The van der Waals surface area contributed by atoms with Crippen molar-refractivity contribution >= 4 is 27.4 Å². The largest absolute Gasteiger partial charge is 0.349 e. The number of nitrogens with zero attached hydrogens (tertiary/aromatic N) is 1. The Morgan fingerprint density at radius 1 is 1.05 bits per heavy atom. The van der Waals surface area contributed by atoms with Crippen LogP contribution in [-0.4, -0.2) is 31.5 Å². The van der Waals surface area contributed by atoms with Gasteiger partial charge in [0.25, 0.3) is 10.0 Å². The highest BCUT2D eigenvalue weighted by molar-refractivity contribution is 7.91. The molecule has 0 atom stereocenters. The molecule has 1 aliphatic rings. The average Bonchev–Trinajstić information content (AvgIpc) is 2.68. The summed E-state index contributed by atoms with van der Waals surface area (Å²) in [4.78, 5) is 2.19. The summed E-state index contributed by atoms with van der Waals surface area (Å²) in [6, 6.07) is 8.31. The van der Waals surface area contributed by atoms with Crippen LogP contribution in [0.2, 0.25) is 0 Å². The zero-order valence-corrected chi connectivity index (χ0v) is 12.3. The van der Waals surface area contributed by atoms with Gasteiger partial charge in [0, 0.05) is 13.1 Å². The fourth-order valence-corrected chi connectivity index (χ4v) is 3.62. The first-order chi connectivity index (χ1) is 9.09. The molecule has 1 aliphatic heterocycles. The molecule has 6 heteroatoms. The zero-order chi connectivity index (χ0) is 13.7. The van der Waals surface area contributed by atoms with Gasteiger partial charge in [-0.15, -0.1) is 0 Å². The lowest BCUT2D eigenvalue weighted by Crippen LogP contribution is -2.42. The predicted octanol–water partition coefficient (Wildman–Crippen LogP) is 2.13. The minimum Gasteiger partial charge on any atom is -0.349 e. The van der Waals surface area contributed by atoms with Crippen molar-refractivity contribution in [2.75, 3.05) is 13.1 Å². The molecular formula is C13H18N2O2S2. The van der Waals surface area contributed by atoms with Gasteiger partial charge in [0.2, 0.25) is 0 Å². The van der Waals surface area contributed by atoms with E-state index in [4.69, 9.17) is 12.2 Å². The fourth-order valence-electron chi connectivity index (χ4n) is 2.11. The summed E-state index contributed by atoms with van der Waals surface area (Å²) in [6.07, 6.45) is 4.50. The second-order valence-electron chi connectivity index (χ2n) is 4.62. The van der Waals surface area contributed by atoms with E-state index in [0.29, 0.717) is 5.11 Å². The number of thiocarbonyl (C=S) groups is 1. The van der Waals surface area contributed by atoms with E-state index in [9.17, 15) is 8.42 Å². The molecule has 0 unspecified atom stereocenters. The Hall–Kier alpha value is -1.14. The second-order valence-corrected chi connectivity index (χ2v) is 6.69. The van der Waals surface area contributed by atoms with E-state index in [2.05, 4.69) is 4.72 Å². The van der Waals surface area contributed by atoms with Gasteiger partial charge < -0.3 is 4.90 Å². The molecule has 1 saturated heterocycles.